The third-order valence-electron chi connectivity index (χ3n) is 2.68. The number of nitrogens with zero attached hydrogens (tertiary/aromatic N) is 2. The van der Waals surface area contributed by atoms with E-state index in [1.807, 2.05) is 13.0 Å². The highest BCUT2D eigenvalue weighted by Gasteiger charge is 2.15. The summed E-state index contributed by atoms with van der Waals surface area (Å²) in [5, 5.41) is 18.6. The van der Waals surface area contributed by atoms with Crippen LogP contribution in [0.5, 0.6) is 0 Å². The average molecular weight is 247 g/mol. The van der Waals surface area contributed by atoms with Gasteiger partial charge >= 0.3 is 0 Å². The van der Waals surface area contributed by atoms with E-state index in [-0.39, 0.29) is 6.54 Å². The van der Waals surface area contributed by atoms with Gasteiger partial charge < -0.3 is 15.7 Å². The van der Waals surface area contributed by atoms with Gasteiger partial charge in [-0.2, -0.15) is 5.26 Å². The Morgan fingerprint density at radius 1 is 1.61 bits per heavy atom. The molecular formula is C13H17N3O2. The smallest absolute Gasteiger partial charge is 0.236 e. The lowest BCUT2D eigenvalue weighted by Crippen LogP contribution is -2.34. The summed E-state index contributed by atoms with van der Waals surface area (Å²) in [5.74, 6) is -0.448. The summed E-state index contributed by atoms with van der Waals surface area (Å²) in [4.78, 5) is 12.8. The molecule has 1 rings (SSSR count). The Morgan fingerprint density at radius 3 is 2.72 bits per heavy atom. The summed E-state index contributed by atoms with van der Waals surface area (Å²) >= 11 is 0. The molecule has 3 N–H and O–H groups in total. The first-order valence-corrected chi connectivity index (χ1v) is 5.75. The Bertz CT molecular complexity index is 478. The number of nitrogens with two attached hydrogens (primary N) is 1. The molecule has 0 saturated heterocycles. The number of primary amides is 1. The minimum atomic E-state index is -0.672. The van der Waals surface area contributed by atoms with E-state index in [1.54, 1.807) is 30.0 Å². The van der Waals surface area contributed by atoms with Crippen molar-refractivity contribution in [1.82, 2.24) is 0 Å². The highest BCUT2D eigenvalue weighted by Crippen LogP contribution is 2.27. The van der Waals surface area contributed by atoms with Crippen LogP contribution in [0.15, 0.2) is 18.2 Å². The minimum Gasteiger partial charge on any atom is -0.389 e. The molecule has 96 valence electrons. The van der Waals surface area contributed by atoms with Gasteiger partial charge in [0.05, 0.1) is 24.3 Å². The van der Waals surface area contributed by atoms with Crippen molar-refractivity contribution in [3.05, 3.63) is 29.3 Å². The molecule has 1 aromatic rings. The van der Waals surface area contributed by atoms with Crippen molar-refractivity contribution in [2.24, 2.45) is 5.73 Å². The first kappa shape index (κ1) is 14.0. The van der Waals surface area contributed by atoms with Crippen molar-refractivity contribution in [1.29, 1.82) is 5.26 Å². The maximum atomic E-state index is 11.0. The average Bonchev–Trinajstić information content (AvgIpc) is 2.34. The summed E-state index contributed by atoms with van der Waals surface area (Å²) in [6.07, 6.45) is -0.672. The number of carbonyl (C=O) groups is 1. The van der Waals surface area contributed by atoms with Crippen LogP contribution < -0.4 is 10.6 Å². The van der Waals surface area contributed by atoms with Crippen molar-refractivity contribution in [3.8, 4) is 6.07 Å². The third-order valence-corrected chi connectivity index (χ3v) is 2.68. The Kier molecular flexibility index (Phi) is 4.69. The molecule has 5 nitrogen and oxygen atoms in total. The second kappa shape index (κ2) is 6.03. The predicted octanol–water partition coefficient (Wildman–Crippen LogP) is 0.923. The number of aliphatic hydroxyl groups excluding tert-OH is 1. The van der Waals surface area contributed by atoms with Gasteiger partial charge in [-0.25, -0.2) is 0 Å². The van der Waals surface area contributed by atoms with Crippen LogP contribution in [0.25, 0.3) is 0 Å². The van der Waals surface area contributed by atoms with E-state index in [4.69, 9.17) is 11.0 Å². The van der Waals surface area contributed by atoms with E-state index >= 15 is 0 Å². The molecule has 18 heavy (non-hydrogen) atoms. The second-order valence-corrected chi connectivity index (χ2v) is 4.04. The molecule has 0 radical (unpaired) electrons. The molecule has 0 aliphatic heterocycles. The van der Waals surface area contributed by atoms with Gasteiger partial charge in [0, 0.05) is 17.8 Å². The Morgan fingerprint density at radius 2 is 2.28 bits per heavy atom. The zero-order chi connectivity index (χ0) is 13.7. The van der Waals surface area contributed by atoms with Gasteiger partial charge in [-0.1, -0.05) is 6.07 Å². The van der Waals surface area contributed by atoms with Crippen molar-refractivity contribution in [2.75, 3.05) is 18.0 Å². The summed E-state index contributed by atoms with van der Waals surface area (Å²) < 4.78 is 0. The van der Waals surface area contributed by atoms with Gasteiger partial charge in [0.2, 0.25) is 5.91 Å². The molecule has 0 aliphatic carbocycles. The number of hydrogen-bond donors (Lipinski definition) is 2. The molecule has 0 saturated carbocycles. The standard InChI is InChI=1S/C13H17N3O2/c1-3-16(8-13(15)18)12-6-10(7-14)4-5-11(12)9(2)17/h4-6,9,17H,3,8H2,1-2H3,(H2,15,18)/t9-/m0/s1. The number of likely N-dealkylation sites (N-methyl/N-ethyl adjacent to an activating group) is 1. The van der Waals surface area contributed by atoms with Gasteiger partial charge in [0.1, 0.15) is 0 Å². The van der Waals surface area contributed by atoms with E-state index in [0.717, 1.165) is 0 Å². The second-order valence-electron chi connectivity index (χ2n) is 4.04. The largest absolute Gasteiger partial charge is 0.389 e. The highest BCUT2D eigenvalue weighted by molar-refractivity contribution is 5.80. The summed E-state index contributed by atoms with van der Waals surface area (Å²) in [7, 11) is 0. The number of aliphatic hydroxyl groups is 1. The summed E-state index contributed by atoms with van der Waals surface area (Å²) in [6.45, 7) is 4.15. The van der Waals surface area contributed by atoms with Crippen LogP contribution in [0.2, 0.25) is 0 Å². The normalized spacial score (nSPS) is 11.7. The molecule has 1 atom stereocenters. The summed E-state index contributed by atoms with van der Waals surface area (Å²) in [6, 6.07) is 7.04. The zero-order valence-electron chi connectivity index (χ0n) is 10.6. The quantitative estimate of drug-likeness (QED) is 0.809. The molecule has 1 amide bonds. The van der Waals surface area contributed by atoms with E-state index in [0.29, 0.717) is 23.4 Å². The van der Waals surface area contributed by atoms with Crippen LogP contribution in [-0.2, 0) is 4.79 Å². The Labute approximate surface area is 106 Å². The lowest BCUT2D eigenvalue weighted by Gasteiger charge is -2.25. The van der Waals surface area contributed by atoms with Crippen LogP contribution in [0, 0.1) is 11.3 Å². The topological polar surface area (TPSA) is 90.4 Å². The fraction of sp³-hybridized carbons (Fsp3) is 0.385. The van der Waals surface area contributed by atoms with Gasteiger partial charge in [0.15, 0.2) is 0 Å². The molecule has 1 aromatic carbocycles. The number of hydrogen-bond acceptors (Lipinski definition) is 4. The zero-order valence-corrected chi connectivity index (χ0v) is 10.6. The highest BCUT2D eigenvalue weighted by atomic mass is 16.3. The van der Waals surface area contributed by atoms with Gasteiger partial charge in [0.25, 0.3) is 0 Å². The lowest BCUT2D eigenvalue weighted by atomic mass is 10.0. The number of amides is 1. The van der Waals surface area contributed by atoms with Crippen LogP contribution in [-0.4, -0.2) is 24.1 Å². The maximum absolute atomic E-state index is 11.0. The molecule has 0 aliphatic rings. The SMILES string of the molecule is CCN(CC(N)=O)c1cc(C#N)ccc1[C@H](C)O. The molecule has 0 spiro atoms. The minimum absolute atomic E-state index is 0.0606. The lowest BCUT2D eigenvalue weighted by molar-refractivity contribution is -0.116. The molecule has 0 unspecified atom stereocenters. The van der Waals surface area contributed by atoms with Gasteiger partial charge in [-0.05, 0) is 26.0 Å². The molecular weight excluding hydrogens is 230 g/mol. The maximum Gasteiger partial charge on any atom is 0.236 e. The first-order valence-electron chi connectivity index (χ1n) is 5.75. The van der Waals surface area contributed by atoms with Crippen LogP contribution in [0.4, 0.5) is 5.69 Å². The number of carbonyl (C=O) groups excluding carboxylic acids is 1. The summed E-state index contributed by atoms with van der Waals surface area (Å²) in [5.41, 5.74) is 7.03. The van der Waals surface area contributed by atoms with E-state index < -0.39 is 12.0 Å². The van der Waals surface area contributed by atoms with Crippen LogP contribution in [0.3, 0.4) is 0 Å². The monoisotopic (exact) mass is 247 g/mol. The fourth-order valence-electron chi connectivity index (χ4n) is 1.80. The van der Waals surface area contributed by atoms with Crippen molar-refractivity contribution < 1.29 is 9.90 Å². The van der Waals surface area contributed by atoms with Crippen LogP contribution >= 0.6 is 0 Å². The van der Waals surface area contributed by atoms with Crippen molar-refractivity contribution >= 4 is 11.6 Å². The van der Waals surface area contributed by atoms with E-state index in [1.165, 1.54) is 0 Å². The molecule has 5 heteroatoms. The number of nitriles is 1. The van der Waals surface area contributed by atoms with E-state index in [9.17, 15) is 9.90 Å². The third kappa shape index (κ3) is 3.22. The van der Waals surface area contributed by atoms with Crippen molar-refractivity contribution in [3.63, 3.8) is 0 Å². The van der Waals surface area contributed by atoms with E-state index in [2.05, 4.69) is 0 Å². The predicted molar refractivity (Wildman–Crippen MR) is 68.9 cm³/mol. The molecule has 0 aromatic heterocycles. The van der Waals surface area contributed by atoms with Crippen LogP contribution in [0.1, 0.15) is 31.1 Å². The molecule has 0 bridgehead atoms. The number of benzene rings is 1. The molecule has 0 heterocycles. The fourth-order valence-corrected chi connectivity index (χ4v) is 1.80. The van der Waals surface area contributed by atoms with Gasteiger partial charge in [-0.15, -0.1) is 0 Å². The van der Waals surface area contributed by atoms with Crippen molar-refractivity contribution in [2.45, 2.75) is 20.0 Å². The van der Waals surface area contributed by atoms with Gasteiger partial charge in [-0.3, -0.25) is 4.79 Å². The Balaban J connectivity index is 3.24. The molecule has 0 fully saturated rings. The Hall–Kier alpha value is -2.06. The first-order chi connectivity index (χ1) is 8.49. The number of anilines is 1. The number of rotatable bonds is 5.